The Kier molecular flexibility index (Phi) is 3.37. The van der Waals surface area contributed by atoms with E-state index in [2.05, 4.69) is 4.90 Å². The fourth-order valence-corrected chi connectivity index (χ4v) is 3.45. The molecule has 98 valence electrons. The summed E-state index contributed by atoms with van der Waals surface area (Å²) in [5.41, 5.74) is 7.70. The van der Waals surface area contributed by atoms with Crippen LogP contribution < -0.4 is 5.73 Å². The Labute approximate surface area is 109 Å². The highest BCUT2D eigenvalue weighted by molar-refractivity contribution is 5.24. The minimum absolute atomic E-state index is 0.365. The molecule has 2 fully saturated rings. The molecule has 1 aromatic rings. The molecule has 3 atom stereocenters. The molecule has 3 nitrogen and oxygen atoms in total. The maximum atomic E-state index is 10.3. The van der Waals surface area contributed by atoms with Crippen molar-refractivity contribution < 1.29 is 5.11 Å². The molecule has 3 rings (SSSR count). The van der Waals surface area contributed by atoms with Gasteiger partial charge in [-0.25, -0.2) is 0 Å². The van der Waals surface area contributed by atoms with Crippen LogP contribution in [0.25, 0.3) is 0 Å². The topological polar surface area (TPSA) is 49.5 Å². The molecule has 0 radical (unpaired) electrons. The maximum Gasteiger partial charge on any atom is 0.0917 e. The Morgan fingerprint density at radius 3 is 2.61 bits per heavy atom. The third-order valence-corrected chi connectivity index (χ3v) is 4.53. The normalized spacial score (nSPS) is 28.8. The van der Waals surface area contributed by atoms with Crippen molar-refractivity contribution in [3.63, 3.8) is 0 Å². The molecule has 1 aromatic carbocycles. The minimum atomic E-state index is -0.365. The van der Waals surface area contributed by atoms with E-state index >= 15 is 0 Å². The molecule has 1 heterocycles. The van der Waals surface area contributed by atoms with Crippen LogP contribution in [0.1, 0.15) is 36.5 Å². The lowest BCUT2D eigenvalue weighted by Gasteiger charge is -2.29. The first-order valence-corrected chi connectivity index (χ1v) is 6.97. The van der Waals surface area contributed by atoms with Gasteiger partial charge in [-0.2, -0.15) is 0 Å². The molecular formula is C15H22N2O. The van der Waals surface area contributed by atoms with Crippen molar-refractivity contribution in [3.05, 3.63) is 35.4 Å². The van der Waals surface area contributed by atoms with Crippen molar-refractivity contribution >= 4 is 0 Å². The standard InChI is InChI=1S/C15H22N2O/c16-8-11-1-4-13(5-2-11)15(18)10-17-9-12-3-6-14(17)7-12/h1-2,4-5,12,14-15,18H,3,6-10,16H2. The number of hydrogen-bond donors (Lipinski definition) is 2. The Balaban J connectivity index is 1.62. The number of likely N-dealkylation sites (tertiary alicyclic amines) is 1. The van der Waals surface area contributed by atoms with E-state index in [9.17, 15) is 5.11 Å². The number of aliphatic hydroxyl groups is 1. The van der Waals surface area contributed by atoms with Gasteiger partial charge >= 0.3 is 0 Å². The number of nitrogens with two attached hydrogens (primary N) is 1. The summed E-state index contributed by atoms with van der Waals surface area (Å²) in [6.07, 6.45) is 3.70. The number of benzene rings is 1. The van der Waals surface area contributed by atoms with E-state index in [-0.39, 0.29) is 6.10 Å². The zero-order valence-corrected chi connectivity index (χ0v) is 10.8. The summed E-state index contributed by atoms with van der Waals surface area (Å²) in [4.78, 5) is 2.47. The van der Waals surface area contributed by atoms with Crippen LogP contribution in [0, 0.1) is 5.92 Å². The van der Waals surface area contributed by atoms with Crippen molar-refractivity contribution in [2.75, 3.05) is 13.1 Å². The summed E-state index contributed by atoms with van der Waals surface area (Å²) in [6.45, 7) is 2.53. The summed E-state index contributed by atoms with van der Waals surface area (Å²) in [6, 6.07) is 8.75. The van der Waals surface area contributed by atoms with Crippen LogP contribution in [-0.2, 0) is 6.54 Å². The van der Waals surface area contributed by atoms with Gasteiger partial charge in [0.15, 0.2) is 0 Å². The average molecular weight is 246 g/mol. The minimum Gasteiger partial charge on any atom is -0.387 e. The fraction of sp³-hybridized carbons (Fsp3) is 0.600. The molecule has 1 saturated carbocycles. The van der Waals surface area contributed by atoms with Crippen molar-refractivity contribution in [1.82, 2.24) is 4.90 Å². The largest absolute Gasteiger partial charge is 0.387 e. The highest BCUT2D eigenvalue weighted by Gasteiger charge is 2.38. The first-order chi connectivity index (χ1) is 8.76. The quantitative estimate of drug-likeness (QED) is 0.849. The second-order valence-corrected chi connectivity index (χ2v) is 5.75. The molecular weight excluding hydrogens is 224 g/mol. The Morgan fingerprint density at radius 2 is 2.06 bits per heavy atom. The summed E-state index contributed by atoms with van der Waals surface area (Å²) >= 11 is 0. The first-order valence-electron chi connectivity index (χ1n) is 6.97. The molecule has 1 saturated heterocycles. The van der Waals surface area contributed by atoms with E-state index in [1.165, 1.54) is 25.8 Å². The Bertz CT molecular complexity index is 403. The van der Waals surface area contributed by atoms with E-state index in [0.717, 1.165) is 29.6 Å². The molecule has 3 heteroatoms. The second kappa shape index (κ2) is 5.00. The van der Waals surface area contributed by atoms with Gasteiger partial charge in [0.25, 0.3) is 0 Å². The van der Waals surface area contributed by atoms with Crippen LogP contribution in [0.5, 0.6) is 0 Å². The SMILES string of the molecule is NCc1ccc(C(O)CN2CC3CCC2C3)cc1. The van der Waals surface area contributed by atoms with Gasteiger partial charge in [0.05, 0.1) is 6.10 Å². The van der Waals surface area contributed by atoms with Crippen LogP contribution in [-0.4, -0.2) is 29.1 Å². The number of hydrogen-bond acceptors (Lipinski definition) is 3. The van der Waals surface area contributed by atoms with Gasteiger partial charge < -0.3 is 10.8 Å². The van der Waals surface area contributed by atoms with Gasteiger partial charge in [-0.05, 0) is 36.3 Å². The number of nitrogens with zero attached hydrogens (tertiary/aromatic N) is 1. The maximum absolute atomic E-state index is 10.3. The fourth-order valence-electron chi connectivity index (χ4n) is 3.45. The van der Waals surface area contributed by atoms with Crippen LogP contribution in [0.2, 0.25) is 0 Å². The number of piperidine rings is 1. The van der Waals surface area contributed by atoms with Crippen molar-refractivity contribution in [2.24, 2.45) is 11.7 Å². The lowest BCUT2D eigenvalue weighted by atomic mass is 10.0. The van der Waals surface area contributed by atoms with Gasteiger partial charge in [-0.15, -0.1) is 0 Å². The van der Waals surface area contributed by atoms with Crippen LogP contribution in [0.4, 0.5) is 0 Å². The molecule has 2 bridgehead atoms. The molecule has 0 aromatic heterocycles. The van der Waals surface area contributed by atoms with Crippen molar-refractivity contribution in [2.45, 2.75) is 38.0 Å². The average Bonchev–Trinajstić information content (AvgIpc) is 3.01. The predicted molar refractivity (Wildman–Crippen MR) is 72.0 cm³/mol. The highest BCUT2D eigenvalue weighted by Crippen LogP contribution is 2.38. The molecule has 0 amide bonds. The zero-order valence-electron chi connectivity index (χ0n) is 10.8. The third kappa shape index (κ3) is 2.30. The molecule has 3 N–H and O–H groups in total. The number of aliphatic hydroxyl groups excluding tert-OH is 1. The lowest BCUT2D eigenvalue weighted by molar-refractivity contribution is 0.0946. The highest BCUT2D eigenvalue weighted by atomic mass is 16.3. The molecule has 2 aliphatic rings. The monoisotopic (exact) mass is 246 g/mol. The Morgan fingerprint density at radius 1 is 1.28 bits per heavy atom. The first kappa shape index (κ1) is 12.2. The molecule has 1 aliphatic carbocycles. The molecule has 18 heavy (non-hydrogen) atoms. The third-order valence-electron chi connectivity index (χ3n) is 4.53. The van der Waals surface area contributed by atoms with E-state index in [1.54, 1.807) is 0 Å². The van der Waals surface area contributed by atoms with E-state index in [0.29, 0.717) is 6.54 Å². The zero-order chi connectivity index (χ0) is 12.5. The summed E-state index contributed by atoms with van der Waals surface area (Å²) < 4.78 is 0. The van der Waals surface area contributed by atoms with E-state index in [1.807, 2.05) is 24.3 Å². The van der Waals surface area contributed by atoms with E-state index < -0.39 is 0 Å². The lowest BCUT2D eigenvalue weighted by Crippen LogP contribution is -2.35. The number of β-amino-alcohol motifs (C(OH)–C–C–N with tert-alkyl or cyclic N) is 1. The summed E-state index contributed by atoms with van der Waals surface area (Å²) in [5.74, 6) is 0.891. The smallest absolute Gasteiger partial charge is 0.0917 e. The summed E-state index contributed by atoms with van der Waals surface area (Å²) in [5, 5.41) is 10.3. The number of fused-ring (bicyclic) bond motifs is 2. The van der Waals surface area contributed by atoms with Crippen LogP contribution in [0.3, 0.4) is 0 Å². The second-order valence-electron chi connectivity index (χ2n) is 5.75. The predicted octanol–water partition coefficient (Wildman–Crippen LogP) is 1.66. The molecule has 1 aliphatic heterocycles. The van der Waals surface area contributed by atoms with Crippen LogP contribution >= 0.6 is 0 Å². The van der Waals surface area contributed by atoms with Crippen molar-refractivity contribution in [1.29, 1.82) is 0 Å². The van der Waals surface area contributed by atoms with Gasteiger partial charge in [0, 0.05) is 25.7 Å². The van der Waals surface area contributed by atoms with Gasteiger partial charge in [0.1, 0.15) is 0 Å². The Hall–Kier alpha value is -0.900. The van der Waals surface area contributed by atoms with Crippen molar-refractivity contribution in [3.8, 4) is 0 Å². The van der Waals surface area contributed by atoms with E-state index in [4.69, 9.17) is 5.73 Å². The van der Waals surface area contributed by atoms with Gasteiger partial charge in [-0.1, -0.05) is 24.3 Å². The summed E-state index contributed by atoms with van der Waals surface area (Å²) in [7, 11) is 0. The van der Waals surface area contributed by atoms with Crippen LogP contribution in [0.15, 0.2) is 24.3 Å². The van der Waals surface area contributed by atoms with Gasteiger partial charge in [-0.3, -0.25) is 4.90 Å². The molecule has 3 unspecified atom stereocenters. The molecule has 0 spiro atoms. The van der Waals surface area contributed by atoms with Gasteiger partial charge in [0.2, 0.25) is 0 Å². The number of rotatable bonds is 4.